The average molecular weight is 442 g/mol. The number of nitrogens with zero attached hydrogens (tertiary/aromatic N) is 2. The highest BCUT2D eigenvalue weighted by Crippen LogP contribution is 2.36. The van der Waals surface area contributed by atoms with Crippen molar-refractivity contribution < 1.29 is 0 Å². The molecule has 0 radical (unpaired) electrons. The van der Waals surface area contributed by atoms with E-state index in [4.69, 9.17) is 28.9 Å². The van der Waals surface area contributed by atoms with Crippen LogP contribution in [0.15, 0.2) is 23.2 Å². The maximum absolute atomic E-state index is 6.28. The van der Waals surface area contributed by atoms with Gasteiger partial charge in [-0.15, -0.1) is 24.0 Å². The monoisotopic (exact) mass is 441 g/mol. The van der Waals surface area contributed by atoms with Crippen molar-refractivity contribution >= 4 is 53.1 Å². The summed E-state index contributed by atoms with van der Waals surface area (Å²) in [5, 5.41) is 1.35. The zero-order chi connectivity index (χ0) is 14.9. The fourth-order valence-corrected chi connectivity index (χ4v) is 3.17. The van der Waals surface area contributed by atoms with Gasteiger partial charge >= 0.3 is 0 Å². The van der Waals surface area contributed by atoms with Gasteiger partial charge in [0.15, 0.2) is 5.96 Å². The predicted molar refractivity (Wildman–Crippen MR) is 102 cm³/mol. The second-order valence-corrected chi connectivity index (χ2v) is 6.81. The molecule has 0 amide bonds. The molecule has 1 aromatic carbocycles. The largest absolute Gasteiger partial charge is 0.370 e. The van der Waals surface area contributed by atoms with E-state index in [1.165, 1.54) is 12.8 Å². The van der Waals surface area contributed by atoms with Gasteiger partial charge in [-0.3, -0.25) is 4.99 Å². The van der Waals surface area contributed by atoms with E-state index in [-0.39, 0.29) is 29.4 Å². The molecule has 0 saturated heterocycles. The SMILES string of the molecule is CN(C(N)=NCC(C)(C)c1c(Cl)cccc1Cl)C1CC1.I. The summed E-state index contributed by atoms with van der Waals surface area (Å²) < 4.78 is 0. The van der Waals surface area contributed by atoms with E-state index in [9.17, 15) is 0 Å². The van der Waals surface area contributed by atoms with Crippen LogP contribution in [-0.4, -0.2) is 30.5 Å². The Morgan fingerprint density at radius 1 is 1.33 bits per heavy atom. The van der Waals surface area contributed by atoms with Crippen molar-refractivity contribution in [2.45, 2.75) is 38.1 Å². The van der Waals surface area contributed by atoms with Gasteiger partial charge in [-0.25, -0.2) is 0 Å². The Morgan fingerprint density at radius 3 is 2.33 bits per heavy atom. The fraction of sp³-hybridized carbons (Fsp3) is 0.533. The van der Waals surface area contributed by atoms with Gasteiger partial charge in [0.05, 0.1) is 6.54 Å². The standard InChI is InChI=1S/C15H21Cl2N3.HI/c1-15(2,13-11(16)5-4-6-12(13)17)9-19-14(18)20(3)10-7-8-10;/h4-6,10H,7-9H2,1-3H3,(H2,18,19);1H. The van der Waals surface area contributed by atoms with Crippen molar-refractivity contribution in [1.29, 1.82) is 0 Å². The summed E-state index contributed by atoms with van der Waals surface area (Å²) in [6, 6.07) is 6.12. The first-order chi connectivity index (χ1) is 9.33. The number of benzene rings is 1. The zero-order valence-corrected chi connectivity index (χ0v) is 16.4. The average Bonchev–Trinajstić information content (AvgIpc) is 3.19. The highest BCUT2D eigenvalue weighted by Gasteiger charge is 2.29. The normalized spacial score (nSPS) is 15.6. The van der Waals surface area contributed by atoms with Crippen LogP contribution in [-0.2, 0) is 5.41 Å². The second kappa shape index (κ2) is 7.38. The highest BCUT2D eigenvalue weighted by molar-refractivity contribution is 14.0. The summed E-state index contributed by atoms with van der Waals surface area (Å²) in [4.78, 5) is 6.56. The smallest absolute Gasteiger partial charge is 0.191 e. The fourth-order valence-electron chi connectivity index (χ4n) is 2.26. The number of rotatable bonds is 4. The molecule has 1 aromatic rings. The molecule has 2 N–H and O–H groups in total. The maximum Gasteiger partial charge on any atom is 0.191 e. The van der Waals surface area contributed by atoms with Crippen LogP contribution in [0.1, 0.15) is 32.3 Å². The Balaban J connectivity index is 0.00000220. The second-order valence-electron chi connectivity index (χ2n) is 6.00. The number of guanidine groups is 1. The summed E-state index contributed by atoms with van der Waals surface area (Å²) >= 11 is 12.6. The molecule has 118 valence electrons. The minimum Gasteiger partial charge on any atom is -0.370 e. The lowest BCUT2D eigenvalue weighted by atomic mass is 9.84. The molecule has 1 aliphatic carbocycles. The molecule has 21 heavy (non-hydrogen) atoms. The first-order valence-electron chi connectivity index (χ1n) is 6.80. The molecule has 1 aliphatic rings. The summed E-state index contributed by atoms with van der Waals surface area (Å²) in [5.74, 6) is 0.587. The quantitative estimate of drug-likeness (QED) is 0.430. The lowest BCUT2D eigenvalue weighted by Crippen LogP contribution is -2.37. The summed E-state index contributed by atoms with van der Waals surface area (Å²) in [5.41, 5.74) is 6.69. The van der Waals surface area contributed by atoms with Crippen LogP contribution in [0.3, 0.4) is 0 Å². The highest BCUT2D eigenvalue weighted by atomic mass is 127. The minimum absolute atomic E-state index is 0. The molecule has 1 fully saturated rings. The van der Waals surface area contributed by atoms with Gasteiger partial charge in [0.2, 0.25) is 0 Å². The third-order valence-corrected chi connectivity index (χ3v) is 4.36. The van der Waals surface area contributed by atoms with Gasteiger partial charge in [0.25, 0.3) is 0 Å². The number of hydrogen-bond donors (Lipinski definition) is 1. The summed E-state index contributed by atoms with van der Waals surface area (Å²) in [6.45, 7) is 4.71. The van der Waals surface area contributed by atoms with Gasteiger partial charge in [0, 0.05) is 28.5 Å². The molecular weight excluding hydrogens is 420 g/mol. The van der Waals surface area contributed by atoms with E-state index in [1.54, 1.807) is 0 Å². The van der Waals surface area contributed by atoms with E-state index < -0.39 is 0 Å². The molecule has 6 heteroatoms. The van der Waals surface area contributed by atoms with E-state index >= 15 is 0 Å². The molecule has 0 aromatic heterocycles. The van der Waals surface area contributed by atoms with Crippen LogP contribution in [0.2, 0.25) is 10.0 Å². The predicted octanol–water partition coefficient (Wildman–Crippen LogP) is 4.30. The Kier molecular flexibility index (Phi) is 6.62. The number of halogens is 3. The van der Waals surface area contributed by atoms with Gasteiger partial charge in [-0.05, 0) is 30.5 Å². The van der Waals surface area contributed by atoms with Crippen LogP contribution in [0.25, 0.3) is 0 Å². The summed E-state index contributed by atoms with van der Waals surface area (Å²) in [6.07, 6.45) is 2.40. The van der Waals surface area contributed by atoms with Crippen LogP contribution in [0.5, 0.6) is 0 Å². The zero-order valence-electron chi connectivity index (χ0n) is 12.6. The van der Waals surface area contributed by atoms with Crippen molar-refractivity contribution in [3.63, 3.8) is 0 Å². The molecule has 3 nitrogen and oxygen atoms in total. The molecule has 0 unspecified atom stereocenters. The molecule has 0 atom stereocenters. The number of hydrogen-bond acceptors (Lipinski definition) is 1. The Labute approximate surface area is 153 Å². The van der Waals surface area contributed by atoms with Crippen molar-refractivity contribution in [2.75, 3.05) is 13.6 Å². The molecular formula is C15H22Cl2IN3. The molecule has 0 bridgehead atoms. The van der Waals surface area contributed by atoms with Gasteiger partial charge in [0.1, 0.15) is 0 Å². The molecule has 0 spiro atoms. The number of nitrogens with two attached hydrogens (primary N) is 1. The van der Waals surface area contributed by atoms with Crippen molar-refractivity contribution in [1.82, 2.24) is 4.90 Å². The van der Waals surface area contributed by atoms with Crippen molar-refractivity contribution in [3.05, 3.63) is 33.8 Å². The molecule has 2 rings (SSSR count). The van der Waals surface area contributed by atoms with E-state index in [0.29, 0.717) is 28.6 Å². The Morgan fingerprint density at radius 2 is 1.86 bits per heavy atom. The van der Waals surface area contributed by atoms with E-state index in [0.717, 1.165) is 5.56 Å². The van der Waals surface area contributed by atoms with E-state index in [1.807, 2.05) is 30.1 Å². The van der Waals surface area contributed by atoms with Crippen molar-refractivity contribution in [3.8, 4) is 0 Å². The summed E-state index contributed by atoms with van der Waals surface area (Å²) in [7, 11) is 1.99. The number of aliphatic imine (C=N–C) groups is 1. The van der Waals surface area contributed by atoms with Crippen LogP contribution in [0.4, 0.5) is 0 Å². The van der Waals surface area contributed by atoms with Crippen molar-refractivity contribution in [2.24, 2.45) is 10.7 Å². The van der Waals surface area contributed by atoms with Gasteiger partial charge in [-0.1, -0.05) is 43.1 Å². The Bertz CT molecular complexity index is 507. The van der Waals surface area contributed by atoms with Gasteiger partial charge in [-0.2, -0.15) is 0 Å². The van der Waals surface area contributed by atoms with Crippen LogP contribution >= 0.6 is 47.2 Å². The Hall–Kier alpha value is -0.200. The minimum atomic E-state index is -0.259. The lowest BCUT2D eigenvalue weighted by molar-refractivity contribution is 0.477. The third-order valence-electron chi connectivity index (χ3n) is 3.73. The molecule has 1 saturated carbocycles. The lowest BCUT2D eigenvalue weighted by Gasteiger charge is -2.26. The molecule has 0 aliphatic heterocycles. The van der Waals surface area contributed by atoms with Crippen LogP contribution in [0, 0.1) is 0 Å². The molecule has 0 heterocycles. The third kappa shape index (κ3) is 4.63. The first-order valence-corrected chi connectivity index (χ1v) is 7.56. The maximum atomic E-state index is 6.28. The first kappa shape index (κ1) is 18.8. The van der Waals surface area contributed by atoms with E-state index in [2.05, 4.69) is 18.8 Å². The van der Waals surface area contributed by atoms with Gasteiger partial charge < -0.3 is 10.6 Å². The topological polar surface area (TPSA) is 41.6 Å². The van der Waals surface area contributed by atoms with Crippen LogP contribution < -0.4 is 5.73 Å².